The van der Waals surface area contributed by atoms with Crippen molar-refractivity contribution in [2.75, 3.05) is 26.2 Å². The summed E-state index contributed by atoms with van der Waals surface area (Å²) >= 11 is 0. The van der Waals surface area contributed by atoms with E-state index in [1.807, 2.05) is 0 Å². The van der Waals surface area contributed by atoms with Gasteiger partial charge in [0.2, 0.25) is 0 Å². The smallest absolute Gasteiger partial charge is 0.490 e. The number of hydrogen-bond acceptors (Lipinski definition) is 3. The molecule has 1 aromatic carbocycles. The number of carboxylic acid groups (broad SMARTS) is 1. The van der Waals surface area contributed by atoms with Crippen molar-refractivity contribution in [2.24, 2.45) is 5.92 Å². The van der Waals surface area contributed by atoms with Gasteiger partial charge in [0.25, 0.3) is 0 Å². The van der Waals surface area contributed by atoms with Crippen LogP contribution in [0, 0.1) is 12.8 Å². The largest absolute Gasteiger partial charge is 0.493 e. The van der Waals surface area contributed by atoms with E-state index in [4.69, 9.17) is 14.6 Å². The lowest BCUT2D eigenvalue weighted by Crippen LogP contribution is -2.34. The predicted octanol–water partition coefficient (Wildman–Crippen LogP) is 5.15. The average Bonchev–Trinajstić information content (AvgIpc) is 2.60. The molecule has 0 bridgehead atoms. The lowest BCUT2D eigenvalue weighted by atomic mass is 9.99. The Morgan fingerprint density at radius 1 is 1.17 bits per heavy atom. The van der Waals surface area contributed by atoms with Gasteiger partial charge >= 0.3 is 18.3 Å². The number of rotatable bonds is 5. The minimum Gasteiger partial charge on any atom is -0.493 e. The van der Waals surface area contributed by atoms with Gasteiger partial charge in [-0.1, -0.05) is 18.6 Å². The maximum Gasteiger partial charge on any atom is 0.490 e. The van der Waals surface area contributed by atoms with Crippen molar-refractivity contribution in [1.82, 2.24) is 4.90 Å². The summed E-state index contributed by atoms with van der Waals surface area (Å²) in [6.07, 6.45) is -6.29. The molecule has 1 aromatic rings. The third-order valence-corrected chi connectivity index (χ3v) is 4.44. The van der Waals surface area contributed by atoms with Crippen LogP contribution in [-0.4, -0.2) is 48.4 Å². The quantitative estimate of drug-likeness (QED) is 0.520. The van der Waals surface area contributed by atoms with Crippen LogP contribution >= 0.6 is 0 Å². The Bertz CT molecular complexity index is 652. The van der Waals surface area contributed by atoms with Gasteiger partial charge in [-0.05, 0) is 57.3 Å². The van der Waals surface area contributed by atoms with Gasteiger partial charge in [0.05, 0.1) is 12.2 Å². The number of alkyl halides is 6. The molecular formula is C19H25F6NO3. The summed E-state index contributed by atoms with van der Waals surface area (Å²) in [6.45, 7) is 7.28. The highest BCUT2D eigenvalue weighted by Gasteiger charge is 2.38. The third kappa shape index (κ3) is 9.38. The van der Waals surface area contributed by atoms with E-state index in [2.05, 4.69) is 11.8 Å². The molecule has 29 heavy (non-hydrogen) atoms. The molecule has 0 radical (unpaired) electrons. The van der Waals surface area contributed by atoms with Gasteiger partial charge in [0.1, 0.15) is 5.75 Å². The van der Waals surface area contributed by atoms with Crippen molar-refractivity contribution >= 4 is 5.97 Å². The van der Waals surface area contributed by atoms with Crippen LogP contribution in [0.5, 0.6) is 5.75 Å². The first-order valence-electron chi connectivity index (χ1n) is 9.13. The first-order chi connectivity index (χ1) is 13.3. The third-order valence-electron chi connectivity index (χ3n) is 4.44. The number of benzene rings is 1. The highest BCUT2D eigenvalue weighted by atomic mass is 19.4. The summed E-state index contributed by atoms with van der Waals surface area (Å²) in [5.41, 5.74) is -0.0959. The Labute approximate surface area is 165 Å². The molecular weight excluding hydrogens is 404 g/mol. The van der Waals surface area contributed by atoms with Crippen molar-refractivity contribution in [3.63, 3.8) is 0 Å². The number of halogens is 6. The lowest BCUT2D eigenvalue weighted by Gasteiger charge is -2.30. The van der Waals surface area contributed by atoms with Crippen LogP contribution in [0.25, 0.3) is 0 Å². The van der Waals surface area contributed by atoms with Crippen LogP contribution in [0.4, 0.5) is 26.3 Å². The second kappa shape index (κ2) is 10.7. The van der Waals surface area contributed by atoms with Crippen LogP contribution < -0.4 is 4.74 Å². The van der Waals surface area contributed by atoms with Crippen LogP contribution in [0.15, 0.2) is 18.2 Å². The lowest BCUT2D eigenvalue weighted by molar-refractivity contribution is -0.192. The molecule has 4 nitrogen and oxygen atoms in total. The number of ether oxygens (including phenoxy) is 1. The molecule has 2 rings (SSSR count). The van der Waals surface area contributed by atoms with Gasteiger partial charge in [-0.25, -0.2) is 4.79 Å². The summed E-state index contributed by atoms with van der Waals surface area (Å²) < 4.78 is 76.1. The van der Waals surface area contributed by atoms with Crippen LogP contribution in [0.3, 0.4) is 0 Å². The Hall–Kier alpha value is -1.97. The van der Waals surface area contributed by atoms with E-state index in [1.54, 1.807) is 13.0 Å². The number of likely N-dealkylation sites (tertiary alicyclic amines) is 1. The topological polar surface area (TPSA) is 49.8 Å². The SMILES string of the molecule is Cc1ccc(OCCCN2CCC(C)CC2)c(C(F)(F)F)c1.O=C(O)C(F)(F)F. The number of hydrogen-bond donors (Lipinski definition) is 1. The fourth-order valence-corrected chi connectivity index (χ4v) is 2.75. The molecule has 1 fully saturated rings. The summed E-state index contributed by atoms with van der Waals surface area (Å²) in [4.78, 5) is 11.3. The number of aryl methyl sites for hydroxylation is 1. The number of carbonyl (C=O) groups is 1. The fraction of sp³-hybridized carbons (Fsp3) is 0.632. The Balaban J connectivity index is 0.000000516. The van der Waals surface area contributed by atoms with Gasteiger partial charge in [-0.3, -0.25) is 0 Å². The van der Waals surface area contributed by atoms with Gasteiger partial charge < -0.3 is 14.7 Å². The molecule has 0 saturated carbocycles. The van der Waals surface area contributed by atoms with E-state index in [1.165, 1.54) is 18.9 Å². The Morgan fingerprint density at radius 2 is 1.72 bits per heavy atom. The van der Waals surface area contributed by atoms with E-state index in [0.717, 1.165) is 38.0 Å². The van der Waals surface area contributed by atoms with E-state index in [-0.39, 0.29) is 5.75 Å². The highest BCUT2D eigenvalue weighted by molar-refractivity contribution is 5.73. The first-order valence-corrected chi connectivity index (χ1v) is 9.13. The second-order valence-electron chi connectivity index (χ2n) is 7.03. The average molecular weight is 429 g/mol. The summed E-state index contributed by atoms with van der Waals surface area (Å²) in [7, 11) is 0. The number of nitrogens with zero attached hydrogens (tertiary/aromatic N) is 1. The van der Waals surface area contributed by atoms with E-state index >= 15 is 0 Å². The maximum atomic E-state index is 13.0. The molecule has 0 atom stereocenters. The molecule has 1 N–H and O–H groups in total. The normalized spacial score (nSPS) is 16.1. The monoisotopic (exact) mass is 429 g/mol. The van der Waals surface area contributed by atoms with Gasteiger partial charge in [0, 0.05) is 6.54 Å². The van der Waals surface area contributed by atoms with Crippen LogP contribution in [-0.2, 0) is 11.0 Å². The molecule has 1 aliphatic heterocycles. The van der Waals surface area contributed by atoms with E-state index in [9.17, 15) is 26.3 Å². The zero-order chi connectivity index (χ0) is 22.2. The van der Waals surface area contributed by atoms with Crippen molar-refractivity contribution < 1.29 is 41.0 Å². The summed E-state index contributed by atoms with van der Waals surface area (Å²) in [5.74, 6) is -2.03. The van der Waals surface area contributed by atoms with Crippen molar-refractivity contribution in [1.29, 1.82) is 0 Å². The second-order valence-corrected chi connectivity index (χ2v) is 7.03. The van der Waals surface area contributed by atoms with Crippen LogP contribution in [0.2, 0.25) is 0 Å². The number of aliphatic carboxylic acids is 1. The van der Waals surface area contributed by atoms with Crippen molar-refractivity contribution in [3.8, 4) is 5.75 Å². The van der Waals surface area contributed by atoms with E-state index < -0.39 is 23.9 Å². The molecule has 0 amide bonds. The molecule has 10 heteroatoms. The number of piperidine rings is 1. The number of carboxylic acids is 1. The molecule has 0 unspecified atom stereocenters. The van der Waals surface area contributed by atoms with Gasteiger partial charge in [0.15, 0.2) is 0 Å². The molecule has 1 saturated heterocycles. The zero-order valence-electron chi connectivity index (χ0n) is 16.2. The molecule has 0 spiro atoms. The maximum absolute atomic E-state index is 13.0. The molecule has 0 aromatic heterocycles. The first kappa shape index (κ1) is 25.1. The Kier molecular flexibility index (Phi) is 9.25. The highest BCUT2D eigenvalue weighted by Crippen LogP contribution is 2.36. The summed E-state index contributed by atoms with van der Waals surface area (Å²) in [5, 5.41) is 7.12. The van der Waals surface area contributed by atoms with Gasteiger partial charge in [-0.15, -0.1) is 0 Å². The Morgan fingerprint density at radius 3 is 2.21 bits per heavy atom. The standard InChI is InChI=1S/C17H24F3NO.C2HF3O2/c1-13-6-9-21(10-7-13)8-3-11-22-16-5-4-14(2)12-15(16)17(18,19)20;3-2(4,5)1(6)7/h4-5,12-13H,3,6-11H2,1-2H3;(H,6,7). The zero-order valence-corrected chi connectivity index (χ0v) is 16.2. The minimum absolute atomic E-state index is 0.0645. The van der Waals surface area contributed by atoms with Gasteiger partial charge in [-0.2, -0.15) is 26.3 Å². The minimum atomic E-state index is -5.08. The van der Waals surface area contributed by atoms with Crippen molar-refractivity contribution in [3.05, 3.63) is 29.3 Å². The van der Waals surface area contributed by atoms with Crippen LogP contribution in [0.1, 0.15) is 37.3 Å². The molecule has 1 heterocycles. The molecule has 0 aliphatic carbocycles. The van der Waals surface area contributed by atoms with Crippen molar-refractivity contribution in [2.45, 2.75) is 45.5 Å². The summed E-state index contributed by atoms with van der Waals surface area (Å²) in [6, 6.07) is 4.21. The fourth-order valence-electron chi connectivity index (χ4n) is 2.75. The molecule has 166 valence electrons. The van der Waals surface area contributed by atoms with E-state index in [0.29, 0.717) is 12.2 Å². The predicted molar refractivity (Wildman–Crippen MR) is 94.8 cm³/mol. The molecule has 1 aliphatic rings.